The Hall–Kier alpha value is -1.80. The first kappa shape index (κ1) is 16.6. The number of anilines is 1. The molecule has 0 unspecified atom stereocenters. The number of halogens is 1. The van der Waals surface area contributed by atoms with E-state index in [9.17, 15) is 4.79 Å². The smallest absolute Gasteiger partial charge is 0.262 e. The van der Waals surface area contributed by atoms with Gasteiger partial charge in [-0.25, -0.2) is 0 Å². The van der Waals surface area contributed by atoms with E-state index in [0.29, 0.717) is 11.5 Å². The van der Waals surface area contributed by atoms with Gasteiger partial charge in [0.1, 0.15) is 6.61 Å². The van der Waals surface area contributed by atoms with Crippen molar-refractivity contribution in [3.8, 4) is 11.5 Å². The third-order valence-corrected chi connectivity index (χ3v) is 3.40. The van der Waals surface area contributed by atoms with Crippen molar-refractivity contribution in [2.24, 2.45) is 0 Å². The minimum Gasteiger partial charge on any atom is -0.487 e. The number of hydrogen-bond donors (Lipinski definition) is 2. The molecule has 0 aromatic heterocycles. The van der Waals surface area contributed by atoms with Gasteiger partial charge in [0.15, 0.2) is 18.1 Å². The second-order valence-electron chi connectivity index (χ2n) is 4.36. The van der Waals surface area contributed by atoms with E-state index in [2.05, 4.69) is 27.9 Å². The highest BCUT2D eigenvalue weighted by atomic mass is 127. The molecule has 2 N–H and O–H groups in total. The lowest BCUT2D eigenvalue weighted by Crippen LogP contribution is -2.20. The summed E-state index contributed by atoms with van der Waals surface area (Å²) in [5.41, 5.74) is 0.721. The van der Waals surface area contributed by atoms with Crippen LogP contribution < -0.4 is 14.8 Å². The fourth-order valence-electron chi connectivity index (χ4n) is 1.72. The number of hydrogen-bond acceptors (Lipinski definition) is 4. The zero-order valence-electron chi connectivity index (χ0n) is 11.8. The summed E-state index contributed by atoms with van der Waals surface area (Å²) in [6.07, 6.45) is 0. The molecule has 1 amide bonds. The number of rotatable bonds is 7. The molecular weight excluding hydrogens is 397 g/mol. The van der Waals surface area contributed by atoms with E-state index in [1.54, 1.807) is 24.3 Å². The van der Waals surface area contributed by atoms with Crippen molar-refractivity contribution in [2.45, 2.75) is 0 Å². The number of benzene rings is 2. The number of amides is 1. The Morgan fingerprint density at radius 1 is 1.05 bits per heavy atom. The van der Waals surface area contributed by atoms with E-state index in [4.69, 9.17) is 14.6 Å². The highest BCUT2D eigenvalue weighted by Crippen LogP contribution is 2.26. The van der Waals surface area contributed by atoms with Crippen LogP contribution in [0.4, 0.5) is 5.69 Å². The molecule has 0 aliphatic heterocycles. The summed E-state index contributed by atoms with van der Waals surface area (Å²) in [6.45, 7) is -0.0255. The number of carbonyl (C=O) groups is 1. The molecule has 22 heavy (non-hydrogen) atoms. The minimum absolute atomic E-state index is 0.0817. The summed E-state index contributed by atoms with van der Waals surface area (Å²) in [4.78, 5) is 11.9. The van der Waals surface area contributed by atoms with Gasteiger partial charge < -0.3 is 19.9 Å². The third-order valence-electron chi connectivity index (χ3n) is 2.68. The zero-order valence-corrected chi connectivity index (χ0v) is 13.9. The Morgan fingerprint density at radius 2 is 1.68 bits per heavy atom. The van der Waals surface area contributed by atoms with Gasteiger partial charge in [-0.05, 0) is 59.0 Å². The molecule has 5 nitrogen and oxygen atoms in total. The maximum Gasteiger partial charge on any atom is 0.262 e. The summed E-state index contributed by atoms with van der Waals surface area (Å²) >= 11 is 2.20. The SMILES string of the molecule is O=C(COc1ccccc1OCCO)Nc1ccc(I)cc1. The average Bonchev–Trinajstić information content (AvgIpc) is 2.54. The Balaban J connectivity index is 1.89. The molecule has 0 fully saturated rings. The predicted molar refractivity (Wildman–Crippen MR) is 92.3 cm³/mol. The number of aliphatic hydroxyl groups is 1. The van der Waals surface area contributed by atoms with Crippen molar-refractivity contribution >= 4 is 34.2 Å². The number of para-hydroxylation sites is 2. The van der Waals surface area contributed by atoms with Crippen LogP contribution in [0.15, 0.2) is 48.5 Å². The van der Waals surface area contributed by atoms with E-state index in [0.717, 1.165) is 9.26 Å². The van der Waals surface area contributed by atoms with Crippen LogP contribution in [0.25, 0.3) is 0 Å². The molecule has 2 aromatic carbocycles. The second-order valence-corrected chi connectivity index (χ2v) is 5.61. The maximum absolute atomic E-state index is 11.9. The van der Waals surface area contributed by atoms with Crippen LogP contribution in [0.2, 0.25) is 0 Å². The quantitative estimate of drug-likeness (QED) is 0.686. The Bertz CT molecular complexity index is 616. The summed E-state index contributed by atoms with van der Waals surface area (Å²) in [5, 5.41) is 11.5. The van der Waals surface area contributed by atoms with Crippen LogP contribution in [0.1, 0.15) is 0 Å². The third kappa shape index (κ3) is 5.19. The Labute approximate surface area is 142 Å². The number of carbonyl (C=O) groups excluding carboxylic acids is 1. The molecule has 2 rings (SSSR count). The maximum atomic E-state index is 11.9. The van der Waals surface area contributed by atoms with E-state index in [1.807, 2.05) is 24.3 Å². The molecule has 2 aromatic rings. The van der Waals surface area contributed by atoms with E-state index >= 15 is 0 Å². The summed E-state index contributed by atoms with van der Waals surface area (Å²) in [6, 6.07) is 14.5. The van der Waals surface area contributed by atoms with Crippen LogP contribution in [-0.4, -0.2) is 30.8 Å². The van der Waals surface area contributed by atoms with Gasteiger partial charge in [-0.1, -0.05) is 12.1 Å². The van der Waals surface area contributed by atoms with Gasteiger partial charge in [-0.15, -0.1) is 0 Å². The highest BCUT2D eigenvalue weighted by Gasteiger charge is 2.08. The van der Waals surface area contributed by atoms with Gasteiger partial charge in [0.2, 0.25) is 0 Å². The van der Waals surface area contributed by atoms with Crippen LogP contribution in [0.3, 0.4) is 0 Å². The molecular formula is C16H16INO4. The van der Waals surface area contributed by atoms with Crippen LogP contribution in [0.5, 0.6) is 11.5 Å². The van der Waals surface area contributed by atoms with E-state index in [-0.39, 0.29) is 25.7 Å². The number of ether oxygens (including phenoxy) is 2. The molecule has 6 heteroatoms. The number of aliphatic hydroxyl groups excluding tert-OH is 1. The van der Waals surface area contributed by atoms with E-state index in [1.165, 1.54) is 0 Å². The summed E-state index contributed by atoms with van der Waals surface area (Å²) < 4.78 is 11.9. The first-order valence-electron chi connectivity index (χ1n) is 6.70. The molecule has 116 valence electrons. The summed E-state index contributed by atoms with van der Waals surface area (Å²) in [7, 11) is 0. The lowest BCUT2D eigenvalue weighted by atomic mass is 10.3. The lowest BCUT2D eigenvalue weighted by Gasteiger charge is -2.12. The number of nitrogens with one attached hydrogen (secondary N) is 1. The lowest BCUT2D eigenvalue weighted by molar-refractivity contribution is -0.118. The summed E-state index contributed by atoms with van der Waals surface area (Å²) in [5.74, 6) is 0.713. The van der Waals surface area contributed by atoms with Crippen molar-refractivity contribution in [1.82, 2.24) is 0 Å². The Morgan fingerprint density at radius 3 is 2.32 bits per heavy atom. The molecule has 0 aliphatic carbocycles. The van der Waals surface area contributed by atoms with Crippen LogP contribution >= 0.6 is 22.6 Å². The van der Waals surface area contributed by atoms with Crippen molar-refractivity contribution in [3.63, 3.8) is 0 Å². The Kier molecular flexibility index (Phi) is 6.47. The highest BCUT2D eigenvalue weighted by molar-refractivity contribution is 14.1. The standard InChI is InChI=1S/C16H16INO4/c17-12-5-7-13(8-6-12)18-16(20)11-22-15-4-2-1-3-14(15)21-10-9-19/h1-8,19H,9-11H2,(H,18,20). The zero-order chi connectivity index (χ0) is 15.8. The normalized spacial score (nSPS) is 10.1. The van der Waals surface area contributed by atoms with Gasteiger partial charge in [0.25, 0.3) is 5.91 Å². The molecule has 0 aliphatic rings. The molecule has 0 atom stereocenters. The first-order chi connectivity index (χ1) is 10.7. The van der Waals surface area contributed by atoms with Gasteiger partial charge in [0, 0.05) is 9.26 Å². The van der Waals surface area contributed by atoms with Crippen molar-refractivity contribution < 1.29 is 19.4 Å². The van der Waals surface area contributed by atoms with Crippen LogP contribution in [0, 0.1) is 3.57 Å². The average molecular weight is 413 g/mol. The molecule has 0 saturated heterocycles. The predicted octanol–water partition coefficient (Wildman–Crippen LogP) is 2.68. The first-order valence-corrected chi connectivity index (χ1v) is 7.78. The molecule has 0 bridgehead atoms. The van der Waals surface area contributed by atoms with Gasteiger partial charge >= 0.3 is 0 Å². The van der Waals surface area contributed by atoms with Crippen molar-refractivity contribution in [2.75, 3.05) is 25.1 Å². The molecule has 0 saturated carbocycles. The van der Waals surface area contributed by atoms with Gasteiger partial charge in [0.05, 0.1) is 6.61 Å². The second kappa shape index (κ2) is 8.60. The van der Waals surface area contributed by atoms with Crippen molar-refractivity contribution in [1.29, 1.82) is 0 Å². The topological polar surface area (TPSA) is 67.8 Å². The van der Waals surface area contributed by atoms with Gasteiger partial charge in [-0.3, -0.25) is 4.79 Å². The fourth-order valence-corrected chi connectivity index (χ4v) is 2.08. The molecule has 0 radical (unpaired) electrons. The van der Waals surface area contributed by atoms with Crippen molar-refractivity contribution in [3.05, 3.63) is 52.1 Å². The largest absolute Gasteiger partial charge is 0.487 e. The van der Waals surface area contributed by atoms with Crippen LogP contribution in [-0.2, 0) is 4.79 Å². The van der Waals surface area contributed by atoms with Gasteiger partial charge in [-0.2, -0.15) is 0 Å². The van der Waals surface area contributed by atoms with E-state index < -0.39 is 0 Å². The fraction of sp³-hybridized carbons (Fsp3) is 0.188. The molecule has 0 spiro atoms. The monoisotopic (exact) mass is 413 g/mol. The minimum atomic E-state index is -0.252. The molecule has 0 heterocycles.